The SMILES string of the molecule is Cc1ccc(Cn2nc(-c3nc(-c4ccc(OC(F)(F)F)cc4)no3)ccc2=O)cc1. The number of halogens is 3. The lowest BCUT2D eigenvalue weighted by molar-refractivity contribution is -0.274. The van der Waals surface area contributed by atoms with Crippen LogP contribution in [0, 0.1) is 6.92 Å². The van der Waals surface area contributed by atoms with Crippen LogP contribution in [0.3, 0.4) is 0 Å². The van der Waals surface area contributed by atoms with Crippen LogP contribution >= 0.6 is 0 Å². The largest absolute Gasteiger partial charge is 0.573 e. The van der Waals surface area contributed by atoms with Gasteiger partial charge >= 0.3 is 6.36 Å². The summed E-state index contributed by atoms with van der Waals surface area (Å²) in [6.07, 6.45) is -4.77. The molecule has 0 radical (unpaired) electrons. The van der Waals surface area contributed by atoms with Crippen molar-refractivity contribution in [3.05, 3.63) is 82.1 Å². The van der Waals surface area contributed by atoms with Crippen molar-refractivity contribution in [2.24, 2.45) is 0 Å². The van der Waals surface area contributed by atoms with Crippen LogP contribution in [-0.2, 0) is 6.54 Å². The van der Waals surface area contributed by atoms with Crippen LogP contribution in [0.2, 0.25) is 0 Å². The molecule has 0 atom stereocenters. The Balaban J connectivity index is 1.56. The van der Waals surface area contributed by atoms with Gasteiger partial charge in [0.2, 0.25) is 5.82 Å². The molecule has 4 rings (SSSR count). The summed E-state index contributed by atoms with van der Waals surface area (Å²) in [6.45, 7) is 2.24. The third-order valence-corrected chi connectivity index (χ3v) is 4.31. The summed E-state index contributed by atoms with van der Waals surface area (Å²) < 4.78 is 47.2. The number of rotatable bonds is 5. The van der Waals surface area contributed by atoms with E-state index in [4.69, 9.17) is 4.52 Å². The van der Waals surface area contributed by atoms with Crippen molar-refractivity contribution < 1.29 is 22.4 Å². The van der Waals surface area contributed by atoms with Crippen molar-refractivity contribution in [3.8, 4) is 28.7 Å². The van der Waals surface area contributed by atoms with Gasteiger partial charge in [0.05, 0.1) is 6.54 Å². The van der Waals surface area contributed by atoms with Crippen LogP contribution in [0.1, 0.15) is 11.1 Å². The highest BCUT2D eigenvalue weighted by molar-refractivity contribution is 5.58. The van der Waals surface area contributed by atoms with Crippen molar-refractivity contribution in [1.29, 1.82) is 0 Å². The van der Waals surface area contributed by atoms with Crippen LogP contribution < -0.4 is 10.3 Å². The molecule has 4 aromatic rings. The van der Waals surface area contributed by atoms with Gasteiger partial charge in [-0.25, -0.2) is 4.68 Å². The van der Waals surface area contributed by atoms with E-state index in [1.165, 1.54) is 28.9 Å². The third kappa shape index (κ3) is 4.97. The standard InChI is InChI=1S/C21H15F3N4O3/c1-13-2-4-14(5-3-13)12-28-18(29)11-10-17(26-28)20-25-19(27-31-20)15-6-8-16(9-7-15)30-21(22,23)24/h2-11H,12H2,1H3. The summed E-state index contributed by atoms with van der Waals surface area (Å²) in [5.41, 5.74) is 2.45. The second-order valence-electron chi connectivity index (χ2n) is 6.70. The molecule has 0 N–H and O–H groups in total. The lowest BCUT2D eigenvalue weighted by Gasteiger charge is -2.08. The number of aryl methyl sites for hydroxylation is 1. The molecule has 0 saturated heterocycles. The first-order valence-electron chi connectivity index (χ1n) is 9.11. The predicted octanol–water partition coefficient (Wildman–Crippen LogP) is 4.22. The van der Waals surface area contributed by atoms with Crippen molar-refractivity contribution in [1.82, 2.24) is 19.9 Å². The molecule has 0 aliphatic rings. The second-order valence-corrected chi connectivity index (χ2v) is 6.70. The van der Waals surface area contributed by atoms with Gasteiger partial charge in [-0.2, -0.15) is 10.1 Å². The van der Waals surface area contributed by atoms with Gasteiger partial charge in [0.25, 0.3) is 11.4 Å². The van der Waals surface area contributed by atoms with E-state index in [1.54, 1.807) is 0 Å². The first-order valence-corrected chi connectivity index (χ1v) is 9.11. The van der Waals surface area contributed by atoms with E-state index in [2.05, 4.69) is 20.0 Å². The van der Waals surface area contributed by atoms with E-state index in [9.17, 15) is 18.0 Å². The number of hydrogen-bond donors (Lipinski definition) is 0. The smallest absolute Gasteiger partial charge is 0.406 e. The molecular formula is C21H15F3N4O3. The highest BCUT2D eigenvalue weighted by Crippen LogP contribution is 2.26. The Bertz CT molecular complexity index is 1250. The highest BCUT2D eigenvalue weighted by atomic mass is 19.4. The molecule has 0 fully saturated rings. The van der Waals surface area contributed by atoms with Gasteiger partial charge in [0.15, 0.2) is 0 Å². The summed E-state index contributed by atoms with van der Waals surface area (Å²) in [7, 11) is 0. The molecule has 2 aromatic heterocycles. The minimum Gasteiger partial charge on any atom is -0.406 e. The number of aromatic nitrogens is 4. The summed E-state index contributed by atoms with van der Waals surface area (Å²) in [5, 5.41) is 8.12. The minimum absolute atomic E-state index is 0.0725. The molecule has 0 unspecified atom stereocenters. The maximum Gasteiger partial charge on any atom is 0.573 e. The van der Waals surface area contributed by atoms with E-state index in [1.807, 2.05) is 31.2 Å². The van der Waals surface area contributed by atoms with Crippen molar-refractivity contribution >= 4 is 0 Å². The van der Waals surface area contributed by atoms with Crippen LogP contribution in [0.4, 0.5) is 13.2 Å². The molecule has 0 saturated carbocycles. The molecule has 158 valence electrons. The van der Waals surface area contributed by atoms with E-state index < -0.39 is 6.36 Å². The Labute approximate surface area is 173 Å². The molecule has 0 bridgehead atoms. The zero-order valence-electron chi connectivity index (χ0n) is 16.1. The topological polar surface area (TPSA) is 83.0 Å². The van der Waals surface area contributed by atoms with E-state index in [0.717, 1.165) is 23.3 Å². The lowest BCUT2D eigenvalue weighted by Crippen LogP contribution is -2.22. The van der Waals surface area contributed by atoms with Crippen molar-refractivity contribution in [2.75, 3.05) is 0 Å². The number of alkyl halides is 3. The van der Waals surface area contributed by atoms with E-state index >= 15 is 0 Å². The average molecular weight is 428 g/mol. The third-order valence-electron chi connectivity index (χ3n) is 4.31. The fourth-order valence-electron chi connectivity index (χ4n) is 2.79. The van der Waals surface area contributed by atoms with Gasteiger partial charge in [-0.15, -0.1) is 13.2 Å². The normalized spacial score (nSPS) is 11.5. The first kappa shape index (κ1) is 20.3. The average Bonchev–Trinajstić information content (AvgIpc) is 3.21. The summed E-state index contributed by atoms with van der Waals surface area (Å²) in [6, 6.07) is 15.6. The Morgan fingerprint density at radius 1 is 1.00 bits per heavy atom. The fraction of sp³-hybridized carbons (Fsp3) is 0.143. The number of nitrogens with zero attached hydrogens (tertiary/aromatic N) is 4. The van der Waals surface area contributed by atoms with Crippen LogP contribution in [-0.4, -0.2) is 26.3 Å². The van der Waals surface area contributed by atoms with Gasteiger partial charge in [0.1, 0.15) is 11.4 Å². The van der Waals surface area contributed by atoms with Gasteiger partial charge in [-0.1, -0.05) is 35.0 Å². The molecule has 10 heteroatoms. The Kier molecular flexibility index (Phi) is 5.28. The summed E-state index contributed by atoms with van der Waals surface area (Å²) in [5.74, 6) is -0.125. The van der Waals surface area contributed by atoms with Gasteiger partial charge in [0, 0.05) is 11.6 Å². The Morgan fingerprint density at radius 3 is 2.39 bits per heavy atom. The zero-order valence-corrected chi connectivity index (χ0v) is 16.1. The summed E-state index contributed by atoms with van der Waals surface area (Å²) in [4.78, 5) is 16.4. The molecule has 2 heterocycles. The molecule has 7 nitrogen and oxygen atoms in total. The molecule has 0 amide bonds. The maximum atomic E-state index is 12.3. The van der Waals surface area contributed by atoms with Crippen LogP contribution in [0.25, 0.3) is 23.0 Å². The molecular weight excluding hydrogens is 413 g/mol. The molecule has 2 aromatic carbocycles. The second kappa shape index (κ2) is 8.05. The van der Waals surface area contributed by atoms with Crippen molar-refractivity contribution in [2.45, 2.75) is 19.8 Å². The van der Waals surface area contributed by atoms with Crippen LogP contribution in [0.5, 0.6) is 5.75 Å². The minimum atomic E-state index is -4.77. The molecule has 31 heavy (non-hydrogen) atoms. The number of hydrogen-bond acceptors (Lipinski definition) is 6. The number of benzene rings is 2. The van der Waals surface area contributed by atoms with Gasteiger partial charge in [-0.3, -0.25) is 4.79 Å². The summed E-state index contributed by atoms with van der Waals surface area (Å²) >= 11 is 0. The predicted molar refractivity (Wildman–Crippen MR) is 104 cm³/mol. The lowest BCUT2D eigenvalue weighted by atomic mass is 10.1. The molecule has 0 aliphatic carbocycles. The Morgan fingerprint density at radius 2 is 1.71 bits per heavy atom. The Hall–Kier alpha value is -3.95. The first-order chi connectivity index (χ1) is 14.8. The number of ether oxygens (including phenoxy) is 1. The fourth-order valence-corrected chi connectivity index (χ4v) is 2.79. The monoisotopic (exact) mass is 428 g/mol. The maximum absolute atomic E-state index is 12.3. The highest BCUT2D eigenvalue weighted by Gasteiger charge is 2.31. The van der Waals surface area contributed by atoms with Crippen LogP contribution in [0.15, 0.2) is 70.0 Å². The van der Waals surface area contributed by atoms with E-state index in [0.29, 0.717) is 11.3 Å². The van der Waals surface area contributed by atoms with Gasteiger partial charge < -0.3 is 9.26 Å². The van der Waals surface area contributed by atoms with Crippen molar-refractivity contribution in [3.63, 3.8) is 0 Å². The quantitative estimate of drug-likeness (QED) is 0.474. The van der Waals surface area contributed by atoms with E-state index in [-0.39, 0.29) is 29.6 Å². The molecule has 0 spiro atoms. The zero-order chi connectivity index (χ0) is 22.0. The molecule has 0 aliphatic heterocycles. The van der Waals surface area contributed by atoms with Gasteiger partial charge in [-0.05, 0) is 42.8 Å².